The Morgan fingerprint density at radius 3 is 2.83 bits per heavy atom. The van der Waals surface area contributed by atoms with Gasteiger partial charge in [-0.3, -0.25) is 9.20 Å². The van der Waals surface area contributed by atoms with E-state index in [1.165, 1.54) is 0 Å². The molecule has 0 saturated heterocycles. The summed E-state index contributed by atoms with van der Waals surface area (Å²) in [6.07, 6.45) is 2.65. The molecule has 3 heterocycles. The Kier molecular flexibility index (Phi) is 4.70. The fourth-order valence-electron chi connectivity index (χ4n) is 2.02. The molecule has 0 unspecified atom stereocenters. The summed E-state index contributed by atoms with van der Waals surface area (Å²) in [5.74, 6) is -1.95. The quantitative estimate of drug-likeness (QED) is 0.566. The highest BCUT2D eigenvalue weighted by atomic mass is 32.2. The van der Waals surface area contributed by atoms with Crippen molar-refractivity contribution in [1.29, 1.82) is 0 Å². The van der Waals surface area contributed by atoms with Gasteiger partial charge in [-0.1, -0.05) is 18.7 Å². The molecule has 3 rings (SSSR count). The van der Waals surface area contributed by atoms with Gasteiger partial charge in [0.25, 0.3) is 5.91 Å². The van der Waals surface area contributed by atoms with Crippen LogP contribution in [-0.4, -0.2) is 31.2 Å². The van der Waals surface area contributed by atoms with Gasteiger partial charge in [-0.25, -0.2) is 0 Å². The van der Waals surface area contributed by atoms with Gasteiger partial charge in [-0.2, -0.15) is 13.8 Å². The molecule has 9 heteroatoms. The molecule has 0 radical (unpaired) electrons. The summed E-state index contributed by atoms with van der Waals surface area (Å²) < 4.78 is 28.1. The number of rotatable bonds is 5. The van der Waals surface area contributed by atoms with Crippen molar-refractivity contribution in [1.82, 2.24) is 19.6 Å². The monoisotopic (exact) mass is 349 g/mol. The molecule has 0 fully saturated rings. The molecule has 0 spiro atoms. The van der Waals surface area contributed by atoms with Crippen molar-refractivity contribution < 1.29 is 13.6 Å². The molecule has 0 saturated carbocycles. The summed E-state index contributed by atoms with van der Waals surface area (Å²) in [5, 5.41) is 11.4. The van der Waals surface area contributed by atoms with Crippen LogP contribution in [0.4, 0.5) is 14.5 Å². The van der Waals surface area contributed by atoms with Gasteiger partial charge in [0, 0.05) is 11.9 Å². The number of carbonyl (C=O) groups is 1. The molecule has 0 aliphatic rings. The average molecular weight is 349 g/mol. The lowest BCUT2D eigenvalue weighted by Gasteiger charge is -2.07. The minimum atomic E-state index is -1.16. The molecule has 1 N–H and O–H groups in total. The van der Waals surface area contributed by atoms with Crippen molar-refractivity contribution in [2.75, 3.05) is 11.1 Å². The predicted octanol–water partition coefficient (Wildman–Crippen LogP) is 3.16. The fraction of sp³-hybridized carbons (Fsp3) is 0.200. The second-order valence-electron chi connectivity index (χ2n) is 4.90. The Hall–Kier alpha value is -2.55. The number of carbonyl (C=O) groups excluding carboxylic acids is 1. The van der Waals surface area contributed by atoms with Gasteiger partial charge in [0.1, 0.15) is 0 Å². The van der Waals surface area contributed by atoms with Crippen LogP contribution in [0.2, 0.25) is 0 Å². The number of nitrogens with zero attached hydrogens (tertiary/aromatic N) is 4. The molecule has 0 aliphatic heterocycles. The number of halogens is 2. The third-order valence-electron chi connectivity index (χ3n) is 3.12. The summed E-state index contributed by atoms with van der Waals surface area (Å²) in [6.45, 7) is 2.06. The first kappa shape index (κ1) is 16.3. The molecule has 0 bridgehead atoms. The molecular formula is C15H13F2N5OS. The smallest absolute Gasteiger partial charge is 0.260 e. The minimum absolute atomic E-state index is 0.333. The number of aromatic nitrogens is 4. The Morgan fingerprint density at radius 1 is 1.25 bits per heavy atom. The van der Waals surface area contributed by atoms with Crippen LogP contribution in [0.5, 0.6) is 0 Å². The predicted molar refractivity (Wildman–Crippen MR) is 86.1 cm³/mol. The Balaban J connectivity index is 1.85. The van der Waals surface area contributed by atoms with E-state index in [4.69, 9.17) is 0 Å². The van der Waals surface area contributed by atoms with Crippen LogP contribution < -0.4 is 5.32 Å². The third kappa shape index (κ3) is 3.35. The van der Waals surface area contributed by atoms with Crippen LogP contribution >= 0.6 is 11.8 Å². The maximum Gasteiger partial charge on any atom is 0.260 e. The number of pyridine rings is 2. The average Bonchev–Trinajstić information content (AvgIpc) is 2.95. The van der Waals surface area contributed by atoms with E-state index in [1.54, 1.807) is 34.5 Å². The largest absolute Gasteiger partial charge is 0.321 e. The second kappa shape index (κ2) is 6.91. The van der Waals surface area contributed by atoms with Gasteiger partial charge in [0.2, 0.25) is 11.9 Å². The van der Waals surface area contributed by atoms with Crippen molar-refractivity contribution in [2.45, 2.75) is 18.5 Å². The van der Waals surface area contributed by atoms with Crippen molar-refractivity contribution in [3.63, 3.8) is 0 Å². The maximum absolute atomic E-state index is 13.6. The van der Waals surface area contributed by atoms with Crippen molar-refractivity contribution in [3.05, 3.63) is 47.9 Å². The lowest BCUT2D eigenvalue weighted by atomic mass is 10.2. The topological polar surface area (TPSA) is 72.2 Å². The first-order valence-electron chi connectivity index (χ1n) is 7.19. The van der Waals surface area contributed by atoms with E-state index < -0.39 is 17.8 Å². The number of amides is 1. The van der Waals surface area contributed by atoms with E-state index in [2.05, 4.69) is 27.4 Å². The molecule has 6 nitrogen and oxygen atoms in total. The summed E-state index contributed by atoms with van der Waals surface area (Å²) >= 11 is 1.55. The lowest BCUT2D eigenvalue weighted by Crippen LogP contribution is -2.15. The molecule has 24 heavy (non-hydrogen) atoms. The van der Waals surface area contributed by atoms with Crippen LogP contribution in [-0.2, 0) is 0 Å². The molecular weight excluding hydrogens is 336 g/mol. The number of thioether (sulfide) groups is 1. The van der Waals surface area contributed by atoms with Gasteiger partial charge < -0.3 is 5.32 Å². The van der Waals surface area contributed by atoms with Crippen molar-refractivity contribution >= 4 is 29.0 Å². The molecule has 124 valence electrons. The van der Waals surface area contributed by atoms with E-state index >= 15 is 0 Å². The van der Waals surface area contributed by atoms with Crippen LogP contribution in [0.25, 0.3) is 5.65 Å². The number of nitrogens with one attached hydrogen (secondary N) is 1. The number of hydrogen-bond acceptors (Lipinski definition) is 5. The molecule has 3 aromatic rings. The molecule has 0 aliphatic carbocycles. The SMILES string of the molecule is CCCSc1nnc2ccc(NC(=O)c3ccc(F)nc3F)cn12. The standard InChI is InChI=1S/C15H13F2N5OS/c1-2-7-24-15-21-20-12-6-3-9(8-22(12)15)18-14(23)10-4-5-11(16)19-13(10)17/h3-6,8H,2,7H2,1H3,(H,18,23). The van der Waals surface area contributed by atoms with Crippen LogP contribution in [0.1, 0.15) is 23.7 Å². The fourth-order valence-corrected chi connectivity index (χ4v) is 2.79. The summed E-state index contributed by atoms with van der Waals surface area (Å²) in [5.41, 5.74) is 0.747. The Labute approximate surface area is 140 Å². The zero-order valence-corrected chi connectivity index (χ0v) is 13.5. The van der Waals surface area contributed by atoms with Gasteiger partial charge in [-0.15, -0.1) is 10.2 Å². The maximum atomic E-state index is 13.6. The summed E-state index contributed by atoms with van der Waals surface area (Å²) in [4.78, 5) is 15.1. The van der Waals surface area contributed by atoms with E-state index in [1.807, 2.05) is 0 Å². The first-order chi connectivity index (χ1) is 11.6. The normalized spacial score (nSPS) is 11.0. The van der Waals surface area contributed by atoms with Gasteiger partial charge in [-0.05, 0) is 30.7 Å². The number of anilines is 1. The molecule has 0 atom stereocenters. The number of hydrogen-bond donors (Lipinski definition) is 1. The van der Waals surface area contributed by atoms with Gasteiger partial charge >= 0.3 is 0 Å². The van der Waals surface area contributed by atoms with Crippen LogP contribution in [0.15, 0.2) is 35.6 Å². The van der Waals surface area contributed by atoms with Crippen LogP contribution in [0, 0.1) is 11.9 Å². The Bertz CT molecular complexity index is 899. The molecule has 1 amide bonds. The summed E-state index contributed by atoms with van der Waals surface area (Å²) in [6, 6.07) is 5.30. The third-order valence-corrected chi connectivity index (χ3v) is 4.27. The van der Waals surface area contributed by atoms with Crippen molar-refractivity contribution in [3.8, 4) is 0 Å². The van der Waals surface area contributed by atoms with Crippen LogP contribution in [0.3, 0.4) is 0 Å². The highest BCUT2D eigenvalue weighted by Gasteiger charge is 2.15. The Morgan fingerprint density at radius 2 is 2.08 bits per heavy atom. The van der Waals surface area contributed by atoms with Gasteiger partial charge in [0.15, 0.2) is 10.8 Å². The summed E-state index contributed by atoms with van der Waals surface area (Å²) in [7, 11) is 0. The zero-order chi connectivity index (χ0) is 17.1. The first-order valence-corrected chi connectivity index (χ1v) is 8.18. The van der Waals surface area contributed by atoms with E-state index in [0.29, 0.717) is 16.5 Å². The van der Waals surface area contributed by atoms with E-state index in [-0.39, 0.29) is 5.56 Å². The highest BCUT2D eigenvalue weighted by molar-refractivity contribution is 7.99. The number of fused-ring (bicyclic) bond motifs is 1. The molecule has 0 aromatic carbocycles. The van der Waals surface area contributed by atoms with E-state index in [9.17, 15) is 13.6 Å². The second-order valence-corrected chi connectivity index (χ2v) is 5.97. The highest BCUT2D eigenvalue weighted by Crippen LogP contribution is 2.20. The van der Waals surface area contributed by atoms with E-state index in [0.717, 1.165) is 24.3 Å². The minimum Gasteiger partial charge on any atom is -0.321 e. The van der Waals surface area contributed by atoms with Crippen molar-refractivity contribution in [2.24, 2.45) is 0 Å². The van der Waals surface area contributed by atoms with Gasteiger partial charge in [0.05, 0.1) is 11.3 Å². The molecule has 3 aromatic heterocycles. The lowest BCUT2D eigenvalue weighted by molar-refractivity contribution is 0.102. The zero-order valence-electron chi connectivity index (χ0n) is 12.7.